The van der Waals surface area contributed by atoms with E-state index in [-0.39, 0.29) is 0 Å². The van der Waals surface area contributed by atoms with Gasteiger partial charge in [-0.15, -0.1) is 0 Å². The van der Waals surface area contributed by atoms with Crippen molar-refractivity contribution in [3.8, 4) is 0 Å². The Morgan fingerprint density at radius 2 is 2.24 bits per heavy atom. The molecule has 0 atom stereocenters. The van der Waals surface area contributed by atoms with Crippen molar-refractivity contribution in [1.82, 2.24) is 0 Å². The Morgan fingerprint density at radius 1 is 1.41 bits per heavy atom. The van der Waals surface area contributed by atoms with Crippen molar-refractivity contribution >= 4 is 11.4 Å². The standard InChI is InChI=1S/C14H22N2O/c1-11-9-13(5-6-14(11)15)16-7-2-8-17-10-12-3-4-12/h5-6,9,12,16H,2-4,7-8,10,15H2,1H3. The first kappa shape index (κ1) is 12.2. The molecular weight excluding hydrogens is 212 g/mol. The van der Waals surface area contributed by atoms with Crippen LogP contribution in [0.4, 0.5) is 11.4 Å². The molecule has 1 aliphatic rings. The number of aryl methyl sites for hydroxylation is 1. The van der Waals surface area contributed by atoms with E-state index in [0.717, 1.165) is 49.0 Å². The van der Waals surface area contributed by atoms with Gasteiger partial charge in [0, 0.05) is 31.1 Å². The Morgan fingerprint density at radius 3 is 2.94 bits per heavy atom. The molecule has 0 aromatic heterocycles. The van der Waals surface area contributed by atoms with E-state index in [4.69, 9.17) is 10.5 Å². The van der Waals surface area contributed by atoms with Crippen LogP contribution in [-0.2, 0) is 4.74 Å². The lowest BCUT2D eigenvalue weighted by Crippen LogP contribution is -2.07. The number of hydrogen-bond acceptors (Lipinski definition) is 3. The SMILES string of the molecule is Cc1cc(NCCCOCC2CC2)ccc1N. The van der Waals surface area contributed by atoms with Crippen LogP contribution in [-0.4, -0.2) is 19.8 Å². The Bertz CT molecular complexity index is 361. The van der Waals surface area contributed by atoms with Gasteiger partial charge in [-0.3, -0.25) is 0 Å². The van der Waals surface area contributed by atoms with Gasteiger partial charge < -0.3 is 15.8 Å². The minimum absolute atomic E-state index is 0.850. The van der Waals surface area contributed by atoms with E-state index in [9.17, 15) is 0 Å². The molecule has 0 heterocycles. The van der Waals surface area contributed by atoms with E-state index >= 15 is 0 Å². The van der Waals surface area contributed by atoms with Gasteiger partial charge in [-0.1, -0.05) is 0 Å². The monoisotopic (exact) mass is 234 g/mol. The van der Waals surface area contributed by atoms with Gasteiger partial charge in [0.05, 0.1) is 0 Å². The van der Waals surface area contributed by atoms with Crippen molar-refractivity contribution < 1.29 is 4.74 Å². The molecule has 0 bridgehead atoms. The number of rotatable bonds is 7. The summed E-state index contributed by atoms with van der Waals surface area (Å²) in [7, 11) is 0. The van der Waals surface area contributed by atoms with Crippen LogP contribution in [0.3, 0.4) is 0 Å². The fourth-order valence-corrected chi connectivity index (χ4v) is 1.73. The quantitative estimate of drug-likeness (QED) is 0.563. The van der Waals surface area contributed by atoms with Gasteiger partial charge in [-0.25, -0.2) is 0 Å². The zero-order valence-electron chi connectivity index (χ0n) is 10.5. The normalized spacial score (nSPS) is 14.9. The van der Waals surface area contributed by atoms with Crippen molar-refractivity contribution in [2.24, 2.45) is 5.92 Å². The molecule has 1 aliphatic carbocycles. The summed E-state index contributed by atoms with van der Waals surface area (Å²) in [6, 6.07) is 6.05. The van der Waals surface area contributed by atoms with Crippen LogP contribution in [0.2, 0.25) is 0 Å². The third-order valence-electron chi connectivity index (χ3n) is 3.11. The highest BCUT2D eigenvalue weighted by Crippen LogP contribution is 2.28. The van der Waals surface area contributed by atoms with E-state index < -0.39 is 0 Å². The van der Waals surface area contributed by atoms with Crippen LogP contribution in [0.1, 0.15) is 24.8 Å². The fourth-order valence-electron chi connectivity index (χ4n) is 1.73. The van der Waals surface area contributed by atoms with E-state index in [1.807, 2.05) is 19.1 Å². The van der Waals surface area contributed by atoms with Gasteiger partial charge >= 0.3 is 0 Å². The van der Waals surface area contributed by atoms with Crippen molar-refractivity contribution in [1.29, 1.82) is 0 Å². The molecular formula is C14H22N2O. The molecule has 0 spiro atoms. The Hall–Kier alpha value is -1.22. The Kier molecular flexibility index (Phi) is 4.26. The average Bonchev–Trinajstić information content (AvgIpc) is 3.12. The summed E-state index contributed by atoms with van der Waals surface area (Å²) in [5, 5.41) is 3.38. The lowest BCUT2D eigenvalue weighted by molar-refractivity contribution is 0.124. The molecule has 1 aromatic carbocycles. The van der Waals surface area contributed by atoms with Gasteiger partial charge in [0.15, 0.2) is 0 Å². The number of hydrogen-bond donors (Lipinski definition) is 2. The van der Waals surface area contributed by atoms with Gasteiger partial charge in [-0.2, -0.15) is 0 Å². The predicted octanol–water partition coefficient (Wildman–Crippen LogP) is 2.81. The van der Waals surface area contributed by atoms with Gasteiger partial charge in [0.25, 0.3) is 0 Å². The predicted molar refractivity (Wildman–Crippen MR) is 72.2 cm³/mol. The molecule has 3 heteroatoms. The number of nitrogen functional groups attached to an aromatic ring is 1. The maximum Gasteiger partial charge on any atom is 0.0494 e. The van der Waals surface area contributed by atoms with Crippen molar-refractivity contribution in [2.45, 2.75) is 26.2 Å². The highest BCUT2D eigenvalue weighted by Gasteiger charge is 2.20. The molecule has 3 N–H and O–H groups in total. The summed E-state index contributed by atoms with van der Waals surface area (Å²) in [6.07, 6.45) is 3.78. The van der Waals surface area contributed by atoms with Crippen molar-refractivity contribution in [3.05, 3.63) is 23.8 Å². The molecule has 0 amide bonds. The minimum atomic E-state index is 0.850. The molecule has 0 aliphatic heterocycles. The molecule has 2 rings (SSSR count). The molecule has 94 valence electrons. The second kappa shape index (κ2) is 5.92. The third-order valence-corrected chi connectivity index (χ3v) is 3.11. The molecule has 0 saturated heterocycles. The molecule has 17 heavy (non-hydrogen) atoms. The Balaban J connectivity index is 1.58. The summed E-state index contributed by atoms with van der Waals surface area (Å²) in [5.41, 5.74) is 8.88. The molecule has 1 saturated carbocycles. The van der Waals surface area contributed by atoms with Gasteiger partial charge in [-0.05, 0) is 55.9 Å². The third kappa shape index (κ3) is 4.27. The number of ether oxygens (including phenoxy) is 1. The van der Waals surface area contributed by atoms with Crippen LogP contribution in [0.15, 0.2) is 18.2 Å². The van der Waals surface area contributed by atoms with E-state index in [1.165, 1.54) is 12.8 Å². The van der Waals surface area contributed by atoms with E-state index in [1.54, 1.807) is 0 Å². The second-order valence-corrected chi connectivity index (χ2v) is 4.87. The van der Waals surface area contributed by atoms with Crippen LogP contribution < -0.4 is 11.1 Å². The highest BCUT2D eigenvalue weighted by atomic mass is 16.5. The molecule has 1 fully saturated rings. The first-order chi connectivity index (χ1) is 8.25. The van der Waals surface area contributed by atoms with Crippen molar-refractivity contribution in [2.75, 3.05) is 30.8 Å². The van der Waals surface area contributed by atoms with Crippen LogP contribution in [0, 0.1) is 12.8 Å². The van der Waals surface area contributed by atoms with Crippen molar-refractivity contribution in [3.63, 3.8) is 0 Å². The topological polar surface area (TPSA) is 47.3 Å². The number of nitrogens with two attached hydrogens (primary N) is 1. The minimum Gasteiger partial charge on any atom is -0.399 e. The molecule has 0 radical (unpaired) electrons. The lowest BCUT2D eigenvalue weighted by atomic mass is 10.2. The smallest absolute Gasteiger partial charge is 0.0494 e. The average molecular weight is 234 g/mol. The summed E-state index contributed by atoms with van der Waals surface area (Å²) < 4.78 is 5.58. The van der Waals surface area contributed by atoms with E-state index in [2.05, 4.69) is 11.4 Å². The summed E-state index contributed by atoms with van der Waals surface area (Å²) in [4.78, 5) is 0. The molecule has 0 unspecified atom stereocenters. The Labute approximate surface area is 103 Å². The lowest BCUT2D eigenvalue weighted by Gasteiger charge is -2.08. The molecule has 3 nitrogen and oxygen atoms in total. The van der Waals surface area contributed by atoms with Crippen LogP contribution in [0.5, 0.6) is 0 Å². The fraction of sp³-hybridized carbons (Fsp3) is 0.571. The summed E-state index contributed by atoms with van der Waals surface area (Å²) in [5.74, 6) is 0.864. The zero-order chi connectivity index (χ0) is 12.1. The highest BCUT2D eigenvalue weighted by molar-refractivity contribution is 5.56. The van der Waals surface area contributed by atoms with Crippen LogP contribution in [0.25, 0.3) is 0 Å². The largest absolute Gasteiger partial charge is 0.399 e. The van der Waals surface area contributed by atoms with Crippen LogP contribution >= 0.6 is 0 Å². The van der Waals surface area contributed by atoms with Gasteiger partial charge in [0.1, 0.15) is 0 Å². The number of anilines is 2. The van der Waals surface area contributed by atoms with E-state index in [0.29, 0.717) is 0 Å². The zero-order valence-corrected chi connectivity index (χ0v) is 10.5. The summed E-state index contributed by atoms with van der Waals surface area (Å²) in [6.45, 7) is 4.80. The molecule has 1 aromatic rings. The maximum atomic E-state index is 5.77. The second-order valence-electron chi connectivity index (χ2n) is 4.87. The maximum absolute atomic E-state index is 5.77. The summed E-state index contributed by atoms with van der Waals surface area (Å²) >= 11 is 0. The first-order valence-electron chi connectivity index (χ1n) is 6.43. The number of nitrogens with one attached hydrogen (secondary N) is 1. The number of benzene rings is 1. The van der Waals surface area contributed by atoms with Gasteiger partial charge in [0.2, 0.25) is 0 Å². The first-order valence-corrected chi connectivity index (χ1v) is 6.43.